The Hall–Kier alpha value is -2.87. The zero-order valence-electron chi connectivity index (χ0n) is 13.5. The van der Waals surface area contributed by atoms with E-state index in [0.29, 0.717) is 12.3 Å². The maximum atomic E-state index is 8.93. The van der Waals surface area contributed by atoms with Crippen LogP contribution in [0.1, 0.15) is 30.7 Å². The summed E-state index contributed by atoms with van der Waals surface area (Å²) in [4.78, 5) is 14.4. The van der Waals surface area contributed by atoms with E-state index in [9.17, 15) is 0 Å². The van der Waals surface area contributed by atoms with Crippen LogP contribution in [0.4, 0.5) is 0 Å². The molecule has 0 aliphatic carbocycles. The number of hydrogen-bond acceptors (Lipinski definition) is 4. The van der Waals surface area contributed by atoms with E-state index in [1.807, 2.05) is 18.6 Å². The van der Waals surface area contributed by atoms with Crippen LogP contribution in [0, 0.1) is 11.3 Å². The van der Waals surface area contributed by atoms with E-state index in [2.05, 4.69) is 44.6 Å². The summed E-state index contributed by atoms with van der Waals surface area (Å²) in [7, 11) is 0. The lowest BCUT2D eigenvalue weighted by Gasteiger charge is -2.35. The Morgan fingerprint density at radius 2 is 2.33 bits per heavy atom. The zero-order valence-corrected chi connectivity index (χ0v) is 13.5. The van der Waals surface area contributed by atoms with Crippen LogP contribution < -0.4 is 0 Å². The van der Waals surface area contributed by atoms with E-state index in [-0.39, 0.29) is 0 Å². The lowest BCUT2D eigenvalue weighted by molar-refractivity contribution is 0.257. The molecule has 1 atom stereocenters. The summed E-state index contributed by atoms with van der Waals surface area (Å²) < 4.78 is 0. The normalized spacial score (nSPS) is 18.0. The molecule has 0 aromatic carbocycles. The second-order valence-corrected chi connectivity index (χ2v) is 6.34. The Morgan fingerprint density at radius 1 is 1.42 bits per heavy atom. The largest absolute Gasteiger partial charge is 0.374 e. The molecule has 0 amide bonds. The highest BCUT2D eigenvalue weighted by atomic mass is 15.1. The van der Waals surface area contributed by atoms with Crippen LogP contribution in [-0.4, -0.2) is 32.9 Å². The Bertz CT molecular complexity index is 949. The topological polar surface area (TPSA) is 68.6 Å². The maximum absolute atomic E-state index is 8.93. The van der Waals surface area contributed by atoms with Crippen molar-refractivity contribution in [3.05, 3.63) is 48.6 Å². The number of nitrogens with zero attached hydrogens (tertiary/aromatic N) is 4. The summed E-state index contributed by atoms with van der Waals surface area (Å²) in [6, 6.07) is 6.42. The minimum atomic E-state index is 0.399. The van der Waals surface area contributed by atoms with Gasteiger partial charge in [0.15, 0.2) is 0 Å². The molecule has 1 aliphatic rings. The summed E-state index contributed by atoms with van der Waals surface area (Å²) in [5.41, 5.74) is 4.08. The number of aromatic amines is 1. The Labute approximate surface area is 140 Å². The number of rotatable bonds is 3. The number of nitriles is 1. The van der Waals surface area contributed by atoms with Gasteiger partial charge in [-0.05, 0) is 30.5 Å². The average Bonchev–Trinajstić information content (AvgIpc) is 3.10. The van der Waals surface area contributed by atoms with Crippen molar-refractivity contribution < 1.29 is 0 Å². The SMILES string of the molecule is C=C(CC#N)N1CCCC(c2ccnc3cnc4[nH]ccc4c23)C1. The monoisotopic (exact) mass is 317 g/mol. The first-order chi connectivity index (χ1) is 11.8. The quantitative estimate of drug-likeness (QED) is 0.799. The number of likely N-dealkylation sites (tertiary alicyclic amines) is 1. The number of piperidine rings is 1. The fourth-order valence-corrected chi connectivity index (χ4v) is 3.74. The van der Waals surface area contributed by atoms with Gasteiger partial charge in [0, 0.05) is 47.9 Å². The summed E-state index contributed by atoms with van der Waals surface area (Å²) in [6.07, 6.45) is 8.29. The molecule has 24 heavy (non-hydrogen) atoms. The minimum Gasteiger partial charge on any atom is -0.374 e. The van der Waals surface area contributed by atoms with Crippen LogP contribution in [0.5, 0.6) is 0 Å². The van der Waals surface area contributed by atoms with E-state index in [4.69, 9.17) is 5.26 Å². The zero-order chi connectivity index (χ0) is 16.5. The average molecular weight is 317 g/mol. The number of aromatic nitrogens is 3. The summed E-state index contributed by atoms with van der Waals surface area (Å²) >= 11 is 0. The third-order valence-corrected chi connectivity index (χ3v) is 4.91. The number of pyridine rings is 2. The Morgan fingerprint density at radius 3 is 3.21 bits per heavy atom. The van der Waals surface area contributed by atoms with Crippen LogP contribution in [0.3, 0.4) is 0 Å². The van der Waals surface area contributed by atoms with E-state index < -0.39 is 0 Å². The predicted molar refractivity (Wildman–Crippen MR) is 94.3 cm³/mol. The first-order valence-electron chi connectivity index (χ1n) is 8.28. The predicted octanol–water partition coefficient (Wildman–Crippen LogP) is 3.72. The summed E-state index contributed by atoms with van der Waals surface area (Å²) in [6.45, 7) is 5.97. The lowest BCUT2D eigenvalue weighted by atomic mass is 9.88. The van der Waals surface area contributed by atoms with E-state index in [1.54, 1.807) is 0 Å². The van der Waals surface area contributed by atoms with Gasteiger partial charge in [0.2, 0.25) is 0 Å². The van der Waals surface area contributed by atoms with Gasteiger partial charge < -0.3 is 9.88 Å². The van der Waals surface area contributed by atoms with Crippen molar-refractivity contribution in [1.82, 2.24) is 19.9 Å². The molecule has 1 saturated heterocycles. The van der Waals surface area contributed by atoms with Crippen LogP contribution in [0.2, 0.25) is 0 Å². The third-order valence-electron chi connectivity index (χ3n) is 4.91. The maximum Gasteiger partial charge on any atom is 0.137 e. The second-order valence-electron chi connectivity index (χ2n) is 6.34. The van der Waals surface area contributed by atoms with Crippen LogP contribution in [0.15, 0.2) is 43.0 Å². The highest BCUT2D eigenvalue weighted by Gasteiger charge is 2.24. The van der Waals surface area contributed by atoms with E-state index in [0.717, 1.165) is 48.2 Å². The molecule has 5 heteroatoms. The van der Waals surface area contributed by atoms with Gasteiger partial charge in [-0.25, -0.2) is 4.98 Å². The van der Waals surface area contributed by atoms with Crippen molar-refractivity contribution >= 4 is 21.9 Å². The number of fused-ring (bicyclic) bond motifs is 3. The lowest BCUT2D eigenvalue weighted by Crippen LogP contribution is -2.33. The highest BCUT2D eigenvalue weighted by molar-refractivity contribution is 6.05. The second kappa shape index (κ2) is 5.97. The molecular weight excluding hydrogens is 298 g/mol. The molecular formula is C19H19N5. The molecule has 120 valence electrons. The van der Waals surface area contributed by atoms with Crippen molar-refractivity contribution in [1.29, 1.82) is 5.26 Å². The fourth-order valence-electron chi connectivity index (χ4n) is 3.74. The molecule has 1 aliphatic heterocycles. The Balaban J connectivity index is 1.77. The van der Waals surface area contributed by atoms with Crippen molar-refractivity contribution in [2.75, 3.05) is 13.1 Å². The molecule has 0 saturated carbocycles. The number of hydrogen-bond donors (Lipinski definition) is 1. The minimum absolute atomic E-state index is 0.399. The van der Waals surface area contributed by atoms with Gasteiger partial charge in [-0.3, -0.25) is 4.98 Å². The number of H-pyrrole nitrogens is 1. The van der Waals surface area contributed by atoms with E-state index >= 15 is 0 Å². The molecule has 3 aromatic rings. The molecule has 5 nitrogen and oxygen atoms in total. The van der Waals surface area contributed by atoms with Gasteiger partial charge >= 0.3 is 0 Å². The molecule has 1 unspecified atom stereocenters. The fraction of sp³-hybridized carbons (Fsp3) is 0.316. The molecule has 1 N–H and O–H groups in total. The number of nitrogens with one attached hydrogen (secondary N) is 1. The summed E-state index contributed by atoms with van der Waals surface area (Å²) in [5, 5.41) is 11.3. The van der Waals surface area contributed by atoms with Gasteiger partial charge in [-0.1, -0.05) is 6.58 Å². The van der Waals surface area contributed by atoms with Gasteiger partial charge in [0.25, 0.3) is 0 Å². The Kier molecular flexibility index (Phi) is 3.66. The van der Waals surface area contributed by atoms with Gasteiger partial charge in [0.05, 0.1) is 24.2 Å². The standard InChI is InChI=1S/C19H19N5/c1-13(4-7-20)24-10-2-3-14(12-24)15-5-8-21-17-11-23-19-16(18(15)17)6-9-22-19/h5-6,8-9,11,14H,1-4,10,12H2,(H,22,23). The number of allylic oxidation sites excluding steroid dienone is 1. The van der Waals surface area contributed by atoms with Crippen LogP contribution in [0.25, 0.3) is 21.9 Å². The molecule has 3 aromatic heterocycles. The van der Waals surface area contributed by atoms with Crippen LogP contribution in [-0.2, 0) is 0 Å². The van der Waals surface area contributed by atoms with Gasteiger partial charge in [0.1, 0.15) is 5.65 Å². The molecule has 0 radical (unpaired) electrons. The summed E-state index contributed by atoms with van der Waals surface area (Å²) in [5.74, 6) is 0.417. The molecule has 4 rings (SSSR count). The molecule has 0 spiro atoms. The molecule has 4 heterocycles. The molecule has 0 bridgehead atoms. The highest BCUT2D eigenvalue weighted by Crippen LogP contribution is 2.35. The third kappa shape index (κ3) is 2.41. The molecule has 1 fully saturated rings. The van der Waals surface area contributed by atoms with Gasteiger partial charge in [-0.15, -0.1) is 0 Å². The van der Waals surface area contributed by atoms with Crippen molar-refractivity contribution in [2.24, 2.45) is 0 Å². The van der Waals surface area contributed by atoms with E-state index in [1.165, 1.54) is 10.9 Å². The van der Waals surface area contributed by atoms with Crippen molar-refractivity contribution in [3.63, 3.8) is 0 Å². The first-order valence-corrected chi connectivity index (χ1v) is 8.28. The first kappa shape index (κ1) is 14.7. The smallest absolute Gasteiger partial charge is 0.137 e. The van der Waals surface area contributed by atoms with Crippen molar-refractivity contribution in [3.8, 4) is 6.07 Å². The van der Waals surface area contributed by atoms with Crippen LogP contribution >= 0.6 is 0 Å². The van der Waals surface area contributed by atoms with Crippen molar-refractivity contribution in [2.45, 2.75) is 25.2 Å². The van der Waals surface area contributed by atoms with Gasteiger partial charge in [-0.2, -0.15) is 5.26 Å².